The predicted molar refractivity (Wildman–Crippen MR) is 63.7 cm³/mol. The summed E-state index contributed by atoms with van der Waals surface area (Å²) in [7, 11) is 1.82. The molecule has 0 spiro atoms. The zero-order valence-corrected chi connectivity index (χ0v) is 9.89. The minimum Gasteiger partial charge on any atom is -0.339 e. The summed E-state index contributed by atoms with van der Waals surface area (Å²) in [5, 5.41) is 0. The third-order valence-electron chi connectivity index (χ3n) is 2.76. The highest BCUT2D eigenvalue weighted by Crippen LogP contribution is 2.18. The van der Waals surface area contributed by atoms with Gasteiger partial charge in [0.05, 0.1) is 6.04 Å². The van der Waals surface area contributed by atoms with Gasteiger partial charge in [0.15, 0.2) is 0 Å². The Kier molecular flexibility index (Phi) is 4.92. The Morgan fingerprint density at radius 2 is 2.12 bits per heavy atom. The summed E-state index contributed by atoms with van der Waals surface area (Å²) in [4.78, 5) is 17.5. The van der Waals surface area contributed by atoms with E-state index < -0.39 is 0 Å². The molecule has 0 aliphatic carbocycles. The first-order valence-corrected chi connectivity index (χ1v) is 5.52. The van der Waals surface area contributed by atoms with E-state index in [0.717, 1.165) is 12.0 Å². The number of aromatic nitrogens is 1. The van der Waals surface area contributed by atoms with Crippen molar-refractivity contribution in [1.82, 2.24) is 9.88 Å². The van der Waals surface area contributed by atoms with Crippen LogP contribution in [0, 0.1) is 0 Å². The van der Waals surface area contributed by atoms with Gasteiger partial charge in [-0.1, -0.05) is 0 Å². The van der Waals surface area contributed by atoms with Gasteiger partial charge < -0.3 is 10.6 Å². The van der Waals surface area contributed by atoms with E-state index >= 15 is 0 Å². The average Bonchev–Trinajstić information content (AvgIpc) is 2.35. The number of pyridine rings is 1. The van der Waals surface area contributed by atoms with Crippen molar-refractivity contribution in [3.63, 3.8) is 0 Å². The molecule has 0 aliphatic rings. The van der Waals surface area contributed by atoms with Crippen molar-refractivity contribution in [3.8, 4) is 0 Å². The molecule has 0 fully saturated rings. The van der Waals surface area contributed by atoms with Crippen molar-refractivity contribution in [2.24, 2.45) is 5.73 Å². The first-order valence-electron chi connectivity index (χ1n) is 5.52. The SMILES string of the molecule is CC(c1ccncc1)N(C)C(=O)CCCN. The molecule has 1 rings (SSSR count). The molecule has 1 aromatic heterocycles. The molecular formula is C12H19N3O. The van der Waals surface area contributed by atoms with E-state index in [2.05, 4.69) is 4.98 Å². The standard InChI is InChI=1S/C12H19N3O/c1-10(11-5-8-14-9-6-11)15(2)12(16)4-3-7-13/h5-6,8-10H,3-4,7,13H2,1-2H3. The van der Waals surface area contributed by atoms with Crippen LogP contribution in [0.3, 0.4) is 0 Å². The van der Waals surface area contributed by atoms with Crippen LogP contribution in [-0.4, -0.2) is 29.4 Å². The first kappa shape index (κ1) is 12.6. The molecule has 16 heavy (non-hydrogen) atoms. The molecule has 0 saturated carbocycles. The lowest BCUT2D eigenvalue weighted by Crippen LogP contribution is -2.29. The maximum absolute atomic E-state index is 11.8. The Balaban J connectivity index is 2.60. The lowest BCUT2D eigenvalue weighted by Gasteiger charge is -2.25. The largest absolute Gasteiger partial charge is 0.339 e. The van der Waals surface area contributed by atoms with Gasteiger partial charge in [-0.15, -0.1) is 0 Å². The molecule has 0 aliphatic heterocycles. The van der Waals surface area contributed by atoms with Gasteiger partial charge in [-0.05, 0) is 37.6 Å². The summed E-state index contributed by atoms with van der Waals surface area (Å²) in [5.74, 6) is 0.134. The van der Waals surface area contributed by atoms with Crippen molar-refractivity contribution in [2.75, 3.05) is 13.6 Å². The first-order chi connectivity index (χ1) is 7.66. The van der Waals surface area contributed by atoms with Gasteiger partial charge in [0.25, 0.3) is 0 Å². The minimum absolute atomic E-state index is 0.0771. The number of carbonyl (C=O) groups is 1. The van der Waals surface area contributed by atoms with Crippen molar-refractivity contribution >= 4 is 5.91 Å². The monoisotopic (exact) mass is 221 g/mol. The Morgan fingerprint density at radius 1 is 1.50 bits per heavy atom. The van der Waals surface area contributed by atoms with Gasteiger partial charge >= 0.3 is 0 Å². The predicted octanol–water partition coefficient (Wildman–Crippen LogP) is 1.34. The van der Waals surface area contributed by atoms with Crippen molar-refractivity contribution in [3.05, 3.63) is 30.1 Å². The van der Waals surface area contributed by atoms with Crippen LogP contribution < -0.4 is 5.73 Å². The fraction of sp³-hybridized carbons (Fsp3) is 0.500. The number of hydrogen-bond donors (Lipinski definition) is 1. The van der Waals surface area contributed by atoms with Crippen molar-refractivity contribution < 1.29 is 4.79 Å². The van der Waals surface area contributed by atoms with E-state index in [1.165, 1.54) is 0 Å². The van der Waals surface area contributed by atoms with E-state index in [1.807, 2.05) is 26.1 Å². The molecule has 4 heteroatoms. The van der Waals surface area contributed by atoms with Crippen LogP contribution in [0.5, 0.6) is 0 Å². The maximum Gasteiger partial charge on any atom is 0.222 e. The Morgan fingerprint density at radius 3 is 2.69 bits per heavy atom. The van der Waals surface area contributed by atoms with Crippen LogP contribution in [0.2, 0.25) is 0 Å². The molecule has 0 bridgehead atoms. The zero-order valence-electron chi connectivity index (χ0n) is 9.89. The highest BCUT2D eigenvalue weighted by Gasteiger charge is 2.16. The van der Waals surface area contributed by atoms with E-state index in [0.29, 0.717) is 13.0 Å². The molecule has 88 valence electrons. The Hall–Kier alpha value is -1.42. The number of carbonyl (C=O) groups excluding carboxylic acids is 1. The molecule has 0 saturated heterocycles. The molecule has 1 aromatic rings. The lowest BCUT2D eigenvalue weighted by atomic mass is 10.1. The normalized spacial score (nSPS) is 12.2. The summed E-state index contributed by atoms with van der Waals surface area (Å²) < 4.78 is 0. The highest BCUT2D eigenvalue weighted by molar-refractivity contribution is 5.76. The van der Waals surface area contributed by atoms with E-state index in [-0.39, 0.29) is 11.9 Å². The van der Waals surface area contributed by atoms with Crippen molar-refractivity contribution in [1.29, 1.82) is 0 Å². The van der Waals surface area contributed by atoms with Crippen LogP contribution in [0.15, 0.2) is 24.5 Å². The van der Waals surface area contributed by atoms with Gasteiger partial charge in [-0.25, -0.2) is 0 Å². The van der Waals surface area contributed by atoms with E-state index in [9.17, 15) is 4.79 Å². The molecule has 2 N–H and O–H groups in total. The van der Waals surface area contributed by atoms with Gasteiger partial charge in [0, 0.05) is 25.9 Å². The number of hydrogen-bond acceptors (Lipinski definition) is 3. The van der Waals surface area contributed by atoms with E-state index in [1.54, 1.807) is 17.3 Å². The number of amides is 1. The fourth-order valence-electron chi connectivity index (χ4n) is 1.51. The van der Waals surface area contributed by atoms with Crippen LogP contribution in [-0.2, 0) is 4.79 Å². The quantitative estimate of drug-likeness (QED) is 0.816. The molecular weight excluding hydrogens is 202 g/mol. The topological polar surface area (TPSA) is 59.2 Å². The second-order valence-electron chi connectivity index (χ2n) is 3.85. The van der Waals surface area contributed by atoms with Gasteiger partial charge in [0.1, 0.15) is 0 Å². The Labute approximate surface area is 96.5 Å². The van der Waals surface area contributed by atoms with E-state index in [4.69, 9.17) is 5.73 Å². The number of nitrogens with zero attached hydrogens (tertiary/aromatic N) is 2. The summed E-state index contributed by atoms with van der Waals surface area (Å²) in [6.07, 6.45) is 4.74. The summed E-state index contributed by atoms with van der Waals surface area (Å²) in [5.41, 5.74) is 6.48. The highest BCUT2D eigenvalue weighted by atomic mass is 16.2. The van der Waals surface area contributed by atoms with Crippen LogP contribution in [0.25, 0.3) is 0 Å². The smallest absolute Gasteiger partial charge is 0.222 e. The molecule has 1 heterocycles. The summed E-state index contributed by atoms with van der Waals surface area (Å²) in [6.45, 7) is 2.57. The zero-order chi connectivity index (χ0) is 12.0. The van der Waals surface area contributed by atoms with Crippen molar-refractivity contribution in [2.45, 2.75) is 25.8 Å². The van der Waals surface area contributed by atoms with Gasteiger partial charge in [-0.2, -0.15) is 0 Å². The summed E-state index contributed by atoms with van der Waals surface area (Å²) in [6, 6.07) is 3.93. The molecule has 1 unspecified atom stereocenters. The van der Waals surface area contributed by atoms with Crippen LogP contribution in [0.1, 0.15) is 31.4 Å². The average molecular weight is 221 g/mol. The third kappa shape index (κ3) is 3.31. The minimum atomic E-state index is 0.0771. The molecule has 0 aromatic carbocycles. The van der Waals surface area contributed by atoms with Gasteiger partial charge in [-0.3, -0.25) is 9.78 Å². The Bertz CT molecular complexity index is 326. The third-order valence-corrected chi connectivity index (χ3v) is 2.76. The number of nitrogens with two attached hydrogens (primary N) is 1. The molecule has 0 radical (unpaired) electrons. The molecule has 1 atom stereocenters. The second kappa shape index (κ2) is 6.23. The lowest BCUT2D eigenvalue weighted by molar-refractivity contribution is -0.131. The maximum atomic E-state index is 11.8. The fourth-order valence-corrected chi connectivity index (χ4v) is 1.51. The van der Waals surface area contributed by atoms with Crippen LogP contribution in [0.4, 0.5) is 0 Å². The number of rotatable bonds is 5. The van der Waals surface area contributed by atoms with Crippen LogP contribution >= 0.6 is 0 Å². The van der Waals surface area contributed by atoms with Gasteiger partial charge in [0.2, 0.25) is 5.91 Å². The molecule has 1 amide bonds. The second-order valence-corrected chi connectivity index (χ2v) is 3.85. The molecule has 4 nitrogen and oxygen atoms in total. The summed E-state index contributed by atoms with van der Waals surface area (Å²) >= 11 is 0.